The van der Waals surface area contributed by atoms with Crippen LogP contribution in [-0.4, -0.2) is 4.98 Å². The quantitative estimate of drug-likeness (QED) is 0.896. The Kier molecular flexibility index (Phi) is 3.23. The molecule has 0 aliphatic rings. The lowest BCUT2D eigenvalue weighted by atomic mass is 10.4. The van der Waals surface area contributed by atoms with E-state index in [1.165, 1.54) is 24.3 Å². The highest BCUT2D eigenvalue weighted by molar-refractivity contribution is 7.99. The molecule has 0 spiro atoms. The van der Waals surface area contributed by atoms with Gasteiger partial charge in [0.15, 0.2) is 17.5 Å². The van der Waals surface area contributed by atoms with E-state index in [1.54, 1.807) is 0 Å². The first-order valence-corrected chi connectivity index (χ1v) is 5.43. The van der Waals surface area contributed by atoms with Gasteiger partial charge in [0.1, 0.15) is 10.8 Å². The van der Waals surface area contributed by atoms with Gasteiger partial charge in [0.2, 0.25) is 0 Å². The predicted octanol–water partition coefficient (Wildman–Crippen LogP) is 3.23. The Hall–Kier alpha value is -1.69. The van der Waals surface area contributed by atoms with Crippen molar-refractivity contribution in [2.45, 2.75) is 9.92 Å². The van der Waals surface area contributed by atoms with E-state index < -0.39 is 11.6 Å². The minimum atomic E-state index is -0.897. The second-order valence-electron chi connectivity index (χ2n) is 3.20. The molecule has 17 heavy (non-hydrogen) atoms. The zero-order valence-electron chi connectivity index (χ0n) is 8.45. The smallest absolute Gasteiger partial charge is 0.168 e. The molecule has 0 aliphatic heterocycles. The number of nitrogens with zero attached hydrogens (tertiary/aromatic N) is 1. The van der Waals surface area contributed by atoms with Gasteiger partial charge in [0, 0.05) is 11.0 Å². The summed E-state index contributed by atoms with van der Waals surface area (Å²) in [7, 11) is 0. The molecule has 0 atom stereocenters. The van der Waals surface area contributed by atoms with Gasteiger partial charge in [-0.1, -0.05) is 11.8 Å². The van der Waals surface area contributed by atoms with Crippen molar-refractivity contribution >= 4 is 17.6 Å². The number of benzene rings is 1. The van der Waals surface area contributed by atoms with Crippen molar-refractivity contribution in [3.05, 3.63) is 47.8 Å². The molecule has 0 unspecified atom stereocenters. The normalized spacial score (nSPS) is 10.5. The average molecular weight is 256 g/mol. The number of rotatable bonds is 2. The number of halogens is 3. The van der Waals surface area contributed by atoms with Crippen LogP contribution in [0.4, 0.5) is 19.0 Å². The van der Waals surface area contributed by atoms with E-state index in [2.05, 4.69) is 4.98 Å². The number of pyridine rings is 1. The maximum Gasteiger partial charge on any atom is 0.168 e. The molecule has 2 aromatic rings. The molecule has 0 fully saturated rings. The Balaban J connectivity index is 2.30. The molecule has 1 aromatic carbocycles. The van der Waals surface area contributed by atoms with E-state index in [4.69, 9.17) is 5.73 Å². The molecule has 2 rings (SSSR count). The molecule has 1 heterocycles. The third-order valence-corrected chi connectivity index (χ3v) is 2.94. The van der Waals surface area contributed by atoms with Gasteiger partial charge in [-0.25, -0.2) is 18.2 Å². The van der Waals surface area contributed by atoms with Crippen LogP contribution >= 0.6 is 11.8 Å². The summed E-state index contributed by atoms with van der Waals surface area (Å²) in [5, 5.41) is -0.0458. The molecule has 2 nitrogen and oxygen atoms in total. The fraction of sp³-hybridized carbons (Fsp3) is 0. The Morgan fingerprint density at radius 1 is 1.00 bits per heavy atom. The van der Waals surface area contributed by atoms with Crippen molar-refractivity contribution in [2.24, 2.45) is 0 Å². The standard InChI is InChI=1S/C11H7F3N2S/c12-6-1-3-7(4-2-6)17-11-9(14)5-8(13)10(15)16-11/h1-5H,(H2,15,16). The molecule has 6 heteroatoms. The van der Waals surface area contributed by atoms with Gasteiger partial charge in [-0.15, -0.1) is 0 Å². The van der Waals surface area contributed by atoms with E-state index in [0.717, 1.165) is 11.8 Å². The van der Waals surface area contributed by atoms with Gasteiger partial charge in [0.05, 0.1) is 0 Å². The third kappa shape index (κ3) is 2.71. The second-order valence-corrected chi connectivity index (χ2v) is 4.26. The highest BCUT2D eigenvalue weighted by atomic mass is 32.2. The monoisotopic (exact) mass is 256 g/mol. The number of aromatic nitrogens is 1. The van der Waals surface area contributed by atoms with Crippen molar-refractivity contribution in [3.63, 3.8) is 0 Å². The summed E-state index contributed by atoms with van der Waals surface area (Å²) in [6.07, 6.45) is 0. The van der Waals surface area contributed by atoms with Gasteiger partial charge in [-0.05, 0) is 24.3 Å². The predicted molar refractivity (Wildman–Crippen MR) is 59.1 cm³/mol. The van der Waals surface area contributed by atoms with Gasteiger partial charge in [-0.2, -0.15) is 0 Å². The third-order valence-electron chi connectivity index (χ3n) is 1.95. The molecule has 0 saturated carbocycles. The van der Waals surface area contributed by atoms with Gasteiger partial charge >= 0.3 is 0 Å². The first kappa shape index (κ1) is 11.8. The topological polar surface area (TPSA) is 38.9 Å². The molecule has 88 valence electrons. The number of hydrogen-bond donors (Lipinski definition) is 1. The highest BCUT2D eigenvalue weighted by Crippen LogP contribution is 2.29. The number of anilines is 1. The zero-order valence-corrected chi connectivity index (χ0v) is 9.27. The van der Waals surface area contributed by atoms with Crippen LogP contribution < -0.4 is 5.73 Å². The SMILES string of the molecule is Nc1nc(Sc2ccc(F)cc2)c(F)cc1F. The lowest BCUT2D eigenvalue weighted by Crippen LogP contribution is -1.98. The van der Waals surface area contributed by atoms with E-state index in [-0.39, 0.29) is 16.7 Å². The van der Waals surface area contributed by atoms with Crippen LogP contribution in [0.3, 0.4) is 0 Å². The molecule has 0 aliphatic carbocycles. The Labute approximate surface area is 99.7 Å². The van der Waals surface area contributed by atoms with Crippen LogP contribution in [-0.2, 0) is 0 Å². The number of nitrogen functional groups attached to an aromatic ring is 1. The first-order valence-electron chi connectivity index (χ1n) is 4.61. The van der Waals surface area contributed by atoms with Crippen molar-refractivity contribution in [3.8, 4) is 0 Å². The molecule has 0 bridgehead atoms. The number of hydrogen-bond acceptors (Lipinski definition) is 3. The summed E-state index contributed by atoms with van der Waals surface area (Å²) in [5.74, 6) is -2.45. The molecular weight excluding hydrogens is 249 g/mol. The lowest BCUT2D eigenvalue weighted by molar-refractivity contribution is 0.552. The summed E-state index contributed by atoms with van der Waals surface area (Å²) in [6.45, 7) is 0. The summed E-state index contributed by atoms with van der Waals surface area (Å²) in [6, 6.07) is 6.11. The van der Waals surface area contributed by atoms with E-state index in [9.17, 15) is 13.2 Å². The van der Waals surface area contributed by atoms with Crippen LogP contribution in [0.25, 0.3) is 0 Å². The zero-order chi connectivity index (χ0) is 12.4. The van der Waals surface area contributed by atoms with Crippen molar-refractivity contribution in [2.75, 3.05) is 5.73 Å². The molecule has 2 N–H and O–H groups in total. The van der Waals surface area contributed by atoms with Gasteiger partial charge in [-0.3, -0.25) is 0 Å². The summed E-state index contributed by atoms with van der Waals surface area (Å²) in [5.41, 5.74) is 5.24. The van der Waals surface area contributed by atoms with E-state index >= 15 is 0 Å². The van der Waals surface area contributed by atoms with Crippen molar-refractivity contribution in [1.82, 2.24) is 4.98 Å². The van der Waals surface area contributed by atoms with Crippen LogP contribution in [0.15, 0.2) is 40.3 Å². The maximum atomic E-state index is 13.3. The Morgan fingerprint density at radius 2 is 1.65 bits per heavy atom. The van der Waals surface area contributed by atoms with Crippen LogP contribution in [0.5, 0.6) is 0 Å². The lowest BCUT2D eigenvalue weighted by Gasteiger charge is -2.04. The van der Waals surface area contributed by atoms with Crippen LogP contribution in [0.1, 0.15) is 0 Å². The van der Waals surface area contributed by atoms with Crippen LogP contribution in [0, 0.1) is 17.5 Å². The number of nitrogens with two attached hydrogens (primary N) is 1. The molecule has 0 amide bonds. The Bertz CT molecular complexity index is 543. The summed E-state index contributed by atoms with van der Waals surface area (Å²) >= 11 is 0.946. The largest absolute Gasteiger partial charge is 0.381 e. The maximum absolute atomic E-state index is 13.3. The van der Waals surface area contributed by atoms with Crippen molar-refractivity contribution < 1.29 is 13.2 Å². The summed E-state index contributed by atoms with van der Waals surface area (Å²) < 4.78 is 38.9. The molecule has 1 aromatic heterocycles. The minimum Gasteiger partial charge on any atom is -0.381 e. The second kappa shape index (κ2) is 4.67. The first-order chi connectivity index (χ1) is 8.06. The fourth-order valence-corrected chi connectivity index (χ4v) is 1.94. The van der Waals surface area contributed by atoms with Crippen molar-refractivity contribution in [1.29, 1.82) is 0 Å². The molecule has 0 saturated heterocycles. The molecular formula is C11H7F3N2S. The van der Waals surface area contributed by atoms with E-state index in [1.807, 2.05) is 0 Å². The molecule has 0 radical (unpaired) electrons. The van der Waals surface area contributed by atoms with Gasteiger partial charge < -0.3 is 5.73 Å². The Morgan fingerprint density at radius 3 is 2.29 bits per heavy atom. The average Bonchev–Trinajstić information content (AvgIpc) is 2.29. The summed E-state index contributed by atoms with van der Waals surface area (Å²) in [4.78, 5) is 4.17. The van der Waals surface area contributed by atoms with Crippen LogP contribution in [0.2, 0.25) is 0 Å². The fourth-order valence-electron chi connectivity index (χ4n) is 1.15. The van der Waals surface area contributed by atoms with Gasteiger partial charge in [0.25, 0.3) is 0 Å². The van der Waals surface area contributed by atoms with E-state index in [0.29, 0.717) is 11.0 Å². The highest BCUT2D eigenvalue weighted by Gasteiger charge is 2.11. The minimum absolute atomic E-state index is 0.0458.